The highest BCUT2D eigenvalue weighted by molar-refractivity contribution is 5.94. The van der Waals surface area contributed by atoms with Crippen molar-refractivity contribution in [2.75, 3.05) is 24.5 Å². The first-order valence-electron chi connectivity index (χ1n) is 8.34. The molecule has 0 saturated carbocycles. The molecule has 1 amide bonds. The Kier molecular flexibility index (Phi) is 3.73. The molecule has 2 saturated heterocycles. The molecule has 2 aliphatic heterocycles. The number of amides is 1. The summed E-state index contributed by atoms with van der Waals surface area (Å²) in [6, 6.07) is 3.92. The van der Waals surface area contributed by atoms with Crippen molar-refractivity contribution in [2.24, 2.45) is 0 Å². The zero-order valence-corrected chi connectivity index (χ0v) is 13.1. The van der Waals surface area contributed by atoms with E-state index in [4.69, 9.17) is 0 Å². The standard InChI is InChI=1S/C17H21N5O/c23-17(22-11-3-4-14(22)16-18-7-8-19-16)13-5-6-15(20-12-13)21-9-1-2-10-21/h5-8,12,14H,1-4,9-11H2,(H,18,19)/t14-/m1/s1. The molecule has 6 nitrogen and oxygen atoms in total. The molecule has 2 aromatic heterocycles. The van der Waals surface area contributed by atoms with Crippen molar-refractivity contribution < 1.29 is 4.79 Å². The van der Waals surface area contributed by atoms with Gasteiger partial charge in [-0.25, -0.2) is 9.97 Å². The highest BCUT2D eigenvalue weighted by atomic mass is 16.2. The number of carbonyl (C=O) groups is 1. The summed E-state index contributed by atoms with van der Waals surface area (Å²) in [4.78, 5) is 28.9. The van der Waals surface area contributed by atoms with Crippen LogP contribution in [0.25, 0.3) is 0 Å². The molecule has 1 N–H and O–H groups in total. The molecule has 0 bridgehead atoms. The van der Waals surface area contributed by atoms with Gasteiger partial charge in [0.2, 0.25) is 0 Å². The fraction of sp³-hybridized carbons (Fsp3) is 0.471. The molecule has 1 atom stereocenters. The van der Waals surface area contributed by atoms with Crippen LogP contribution in [0.2, 0.25) is 0 Å². The van der Waals surface area contributed by atoms with Gasteiger partial charge in [-0.2, -0.15) is 0 Å². The van der Waals surface area contributed by atoms with Crippen LogP contribution in [0.3, 0.4) is 0 Å². The van der Waals surface area contributed by atoms with Gasteiger partial charge in [0, 0.05) is 38.2 Å². The number of aromatic amines is 1. The zero-order valence-electron chi connectivity index (χ0n) is 13.1. The molecule has 2 aromatic rings. The molecular formula is C17H21N5O. The Balaban J connectivity index is 1.51. The van der Waals surface area contributed by atoms with Gasteiger partial charge < -0.3 is 14.8 Å². The third-order valence-corrected chi connectivity index (χ3v) is 4.77. The van der Waals surface area contributed by atoms with Gasteiger partial charge in [0.25, 0.3) is 5.91 Å². The van der Waals surface area contributed by atoms with E-state index in [-0.39, 0.29) is 11.9 Å². The predicted octanol–water partition coefficient (Wildman–Crippen LogP) is 2.38. The predicted molar refractivity (Wildman–Crippen MR) is 87.3 cm³/mol. The van der Waals surface area contributed by atoms with E-state index in [9.17, 15) is 4.79 Å². The summed E-state index contributed by atoms with van der Waals surface area (Å²) in [5.41, 5.74) is 0.659. The van der Waals surface area contributed by atoms with Gasteiger partial charge in [0.15, 0.2) is 0 Å². The minimum atomic E-state index is 0.0457. The zero-order chi connectivity index (χ0) is 15.6. The summed E-state index contributed by atoms with van der Waals surface area (Å²) in [6.45, 7) is 2.90. The van der Waals surface area contributed by atoms with Gasteiger partial charge in [-0.05, 0) is 37.8 Å². The molecule has 4 heterocycles. The molecule has 2 fully saturated rings. The fourth-order valence-electron chi connectivity index (χ4n) is 3.57. The number of nitrogens with one attached hydrogen (secondary N) is 1. The van der Waals surface area contributed by atoms with Crippen molar-refractivity contribution in [1.82, 2.24) is 19.9 Å². The van der Waals surface area contributed by atoms with E-state index < -0.39 is 0 Å². The van der Waals surface area contributed by atoms with Crippen molar-refractivity contribution in [3.05, 3.63) is 42.1 Å². The number of pyridine rings is 1. The van der Waals surface area contributed by atoms with Crippen molar-refractivity contribution in [1.29, 1.82) is 0 Å². The van der Waals surface area contributed by atoms with Crippen LogP contribution in [0.4, 0.5) is 5.82 Å². The molecule has 0 radical (unpaired) electrons. The summed E-state index contributed by atoms with van der Waals surface area (Å²) in [5, 5.41) is 0. The number of hydrogen-bond donors (Lipinski definition) is 1. The summed E-state index contributed by atoms with van der Waals surface area (Å²) in [5.74, 6) is 1.89. The van der Waals surface area contributed by atoms with Crippen LogP contribution in [-0.2, 0) is 0 Å². The van der Waals surface area contributed by atoms with Gasteiger partial charge in [-0.1, -0.05) is 0 Å². The summed E-state index contributed by atoms with van der Waals surface area (Å²) < 4.78 is 0. The Labute approximate surface area is 135 Å². The summed E-state index contributed by atoms with van der Waals surface area (Å²) in [7, 11) is 0. The van der Waals surface area contributed by atoms with E-state index in [0.29, 0.717) is 5.56 Å². The maximum atomic E-state index is 12.8. The van der Waals surface area contributed by atoms with E-state index in [0.717, 1.165) is 44.1 Å². The van der Waals surface area contributed by atoms with Crippen LogP contribution in [0.5, 0.6) is 0 Å². The van der Waals surface area contributed by atoms with Crippen molar-refractivity contribution in [3.63, 3.8) is 0 Å². The number of imidazole rings is 1. The highest BCUT2D eigenvalue weighted by Gasteiger charge is 2.32. The molecule has 0 unspecified atom stereocenters. The fourth-order valence-corrected chi connectivity index (χ4v) is 3.57. The first kappa shape index (κ1) is 14.2. The monoisotopic (exact) mass is 311 g/mol. The van der Waals surface area contributed by atoms with Crippen LogP contribution in [0, 0.1) is 0 Å². The second-order valence-corrected chi connectivity index (χ2v) is 6.23. The molecular weight excluding hydrogens is 290 g/mol. The molecule has 120 valence electrons. The molecule has 23 heavy (non-hydrogen) atoms. The second-order valence-electron chi connectivity index (χ2n) is 6.23. The minimum absolute atomic E-state index is 0.0457. The molecule has 0 spiro atoms. The molecule has 4 rings (SSSR count). The summed E-state index contributed by atoms with van der Waals surface area (Å²) >= 11 is 0. The lowest BCUT2D eigenvalue weighted by Crippen LogP contribution is -2.31. The number of nitrogens with zero attached hydrogens (tertiary/aromatic N) is 4. The van der Waals surface area contributed by atoms with Gasteiger partial charge in [-0.15, -0.1) is 0 Å². The van der Waals surface area contributed by atoms with Crippen LogP contribution >= 0.6 is 0 Å². The third kappa shape index (κ3) is 2.69. The van der Waals surface area contributed by atoms with E-state index in [2.05, 4.69) is 19.9 Å². The Morgan fingerprint density at radius 1 is 1.13 bits per heavy atom. The number of aromatic nitrogens is 3. The molecule has 2 aliphatic rings. The van der Waals surface area contributed by atoms with Gasteiger partial charge in [-0.3, -0.25) is 4.79 Å². The molecule has 0 aromatic carbocycles. The molecule has 0 aliphatic carbocycles. The Hall–Kier alpha value is -2.37. The van der Waals surface area contributed by atoms with E-state index in [1.165, 1.54) is 12.8 Å². The normalized spacial score (nSPS) is 21.1. The first-order chi connectivity index (χ1) is 11.3. The Bertz CT molecular complexity index is 661. The van der Waals surface area contributed by atoms with Crippen LogP contribution < -0.4 is 4.90 Å². The average molecular weight is 311 g/mol. The summed E-state index contributed by atoms with van der Waals surface area (Å²) in [6.07, 6.45) is 9.68. The lowest BCUT2D eigenvalue weighted by atomic mass is 10.2. The van der Waals surface area contributed by atoms with E-state index in [1.54, 1.807) is 12.4 Å². The number of carbonyl (C=O) groups excluding carboxylic acids is 1. The second kappa shape index (κ2) is 6.02. The van der Waals surface area contributed by atoms with Gasteiger partial charge >= 0.3 is 0 Å². The average Bonchev–Trinajstić information content (AvgIpc) is 3.35. The number of anilines is 1. The number of likely N-dealkylation sites (tertiary alicyclic amines) is 1. The Morgan fingerprint density at radius 2 is 2.00 bits per heavy atom. The first-order valence-corrected chi connectivity index (χ1v) is 8.34. The lowest BCUT2D eigenvalue weighted by Gasteiger charge is -2.23. The van der Waals surface area contributed by atoms with Crippen LogP contribution in [0.1, 0.15) is 47.9 Å². The van der Waals surface area contributed by atoms with E-state index >= 15 is 0 Å². The number of H-pyrrole nitrogens is 1. The highest BCUT2D eigenvalue weighted by Crippen LogP contribution is 2.31. The smallest absolute Gasteiger partial charge is 0.256 e. The van der Waals surface area contributed by atoms with Crippen LogP contribution in [-0.4, -0.2) is 45.4 Å². The minimum Gasteiger partial charge on any atom is -0.357 e. The third-order valence-electron chi connectivity index (χ3n) is 4.77. The van der Waals surface area contributed by atoms with Gasteiger partial charge in [0.1, 0.15) is 11.6 Å². The quantitative estimate of drug-likeness (QED) is 0.945. The van der Waals surface area contributed by atoms with Crippen molar-refractivity contribution >= 4 is 11.7 Å². The van der Waals surface area contributed by atoms with Crippen molar-refractivity contribution in [3.8, 4) is 0 Å². The molecule has 6 heteroatoms. The Morgan fingerprint density at radius 3 is 2.70 bits per heavy atom. The topological polar surface area (TPSA) is 65.1 Å². The van der Waals surface area contributed by atoms with Gasteiger partial charge in [0.05, 0.1) is 11.6 Å². The lowest BCUT2D eigenvalue weighted by molar-refractivity contribution is 0.0730. The largest absolute Gasteiger partial charge is 0.357 e. The maximum Gasteiger partial charge on any atom is 0.256 e. The van der Waals surface area contributed by atoms with Crippen LogP contribution in [0.15, 0.2) is 30.7 Å². The van der Waals surface area contributed by atoms with Crippen molar-refractivity contribution in [2.45, 2.75) is 31.7 Å². The number of rotatable bonds is 3. The van der Waals surface area contributed by atoms with E-state index in [1.807, 2.05) is 23.2 Å². The maximum absolute atomic E-state index is 12.8. The SMILES string of the molecule is O=C(c1ccc(N2CCCC2)nc1)N1CCC[C@@H]1c1ncc[nH]1. The number of hydrogen-bond acceptors (Lipinski definition) is 4.